The summed E-state index contributed by atoms with van der Waals surface area (Å²) in [4.78, 5) is 13.8. The maximum atomic E-state index is 12.0. The van der Waals surface area contributed by atoms with Gasteiger partial charge in [-0.1, -0.05) is 0 Å². The summed E-state index contributed by atoms with van der Waals surface area (Å²) in [6, 6.07) is 0. The van der Waals surface area contributed by atoms with Crippen molar-refractivity contribution in [2.75, 3.05) is 39.4 Å². The molecule has 0 saturated carbocycles. The number of amides is 1. The summed E-state index contributed by atoms with van der Waals surface area (Å²) in [5.74, 6) is 0.0948. The van der Waals surface area contributed by atoms with Crippen LogP contribution >= 0.6 is 12.4 Å². The number of hydrogen-bond donors (Lipinski definition) is 1. The van der Waals surface area contributed by atoms with Gasteiger partial charge in [-0.2, -0.15) is 0 Å². The van der Waals surface area contributed by atoms with E-state index in [-0.39, 0.29) is 30.5 Å². The first-order valence-corrected chi connectivity index (χ1v) is 5.50. The topological polar surface area (TPSA) is 50.8 Å². The lowest BCUT2D eigenvalue weighted by Gasteiger charge is -2.34. The minimum Gasteiger partial charge on any atom is -0.375 e. The Morgan fingerprint density at radius 1 is 1.38 bits per heavy atom. The second kappa shape index (κ2) is 6.39. The monoisotopic (exact) mass is 250 g/mol. The maximum absolute atomic E-state index is 12.0. The van der Waals surface area contributed by atoms with Crippen molar-refractivity contribution in [2.45, 2.75) is 19.1 Å². The molecule has 0 aromatic rings. The first-order chi connectivity index (χ1) is 7.27. The van der Waals surface area contributed by atoms with Crippen LogP contribution in [-0.2, 0) is 14.3 Å². The highest BCUT2D eigenvalue weighted by molar-refractivity contribution is 5.85. The molecule has 16 heavy (non-hydrogen) atoms. The van der Waals surface area contributed by atoms with Crippen LogP contribution in [0.2, 0.25) is 0 Å². The number of halogens is 1. The van der Waals surface area contributed by atoms with E-state index in [9.17, 15) is 4.79 Å². The van der Waals surface area contributed by atoms with E-state index in [1.807, 2.05) is 11.8 Å². The number of nitrogens with one attached hydrogen (secondary N) is 1. The minimum absolute atomic E-state index is 0. The highest BCUT2D eigenvalue weighted by Crippen LogP contribution is 2.08. The molecule has 1 amide bonds. The Hall–Kier alpha value is -0.360. The molecule has 0 aromatic carbocycles. The molecule has 94 valence electrons. The quantitative estimate of drug-likeness (QED) is 0.691. The van der Waals surface area contributed by atoms with Gasteiger partial charge in [0.2, 0.25) is 0 Å². The molecule has 2 saturated heterocycles. The molecule has 5 nitrogen and oxygen atoms in total. The molecular weight excluding hydrogens is 232 g/mol. The van der Waals surface area contributed by atoms with Crippen LogP contribution in [0.3, 0.4) is 0 Å². The largest absolute Gasteiger partial charge is 0.375 e. The van der Waals surface area contributed by atoms with Gasteiger partial charge in [0.05, 0.1) is 19.3 Å². The molecule has 6 heteroatoms. The Balaban J connectivity index is 0.00000128. The SMILES string of the molecule is CC1CN(C(=O)[C@H]2CNCCO2)CCO1.Cl. The number of rotatable bonds is 1. The normalized spacial score (nSPS) is 30.7. The lowest BCUT2D eigenvalue weighted by atomic mass is 10.2. The molecule has 2 aliphatic rings. The Bertz CT molecular complexity index is 234. The van der Waals surface area contributed by atoms with E-state index in [0.29, 0.717) is 32.8 Å². The molecule has 2 atom stereocenters. The van der Waals surface area contributed by atoms with E-state index in [1.165, 1.54) is 0 Å². The van der Waals surface area contributed by atoms with Crippen molar-refractivity contribution in [3.8, 4) is 0 Å². The van der Waals surface area contributed by atoms with Gasteiger partial charge < -0.3 is 19.7 Å². The van der Waals surface area contributed by atoms with E-state index >= 15 is 0 Å². The second-order valence-electron chi connectivity index (χ2n) is 4.03. The first kappa shape index (κ1) is 13.7. The Morgan fingerprint density at radius 2 is 2.19 bits per heavy atom. The highest BCUT2D eigenvalue weighted by atomic mass is 35.5. The summed E-state index contributed by atoms with van der Waals surface area (Å²) in [5, 5.41) is 3.16. The number of nitrogens with zero attached hydrogens (tertiary/aromatic N) is 1. The van der Waals surface area contributed by atoms with Gasteiger partial charge in [-0.15, -0.1) is 12.4 Å². The fraction of sp³-hybridized carbons (Fsp3) is 0.900. The van der Waals surface area contributed by atoms with Gasteiger partial charge in [-0.25, -0.2) is 0 Å². The van der Waals surface area contributed by atoms with Crippen molar-refractivity contribution in [1.82, 2.24) is 10.2 Å². The zero-order chi connectivity index (χ0) is 10.7. The molecule has 2 aliphatic heterocycles. The van der Waals surface area contributed by atoms with Gasteiger partial charge in [0.1, 0.15) is 6.10 Å². The van der Waals surface area contributed by atoms with Gasteiger partial charge in [0.15, 0.2) is 0 Å². The first-order valence-electron chi connectivity index (χ1n) is 5.50. The van der Waals surface area contributed by atoms with E-state index in [0.717, 1.165) is 6.54 Å². The average molecular weight is 251 g/mol. The summed E-state index contributed by atoms with van der Waals surface area (Å²) < 4.78 is 10.8. The molecule has 0 aliphatic carbocycles. The Kier molecular flexibility index (Phi) is 5.48. The van der Waals surface area contributed by atoms with E-state index in [4.69, 9.17) is 9.47 Å². The second-order valence-corrected chi connectivity index (χ2v) is 4.03. The third kappa shape index (κ3) is 3.31. The molecule has 0 bridgehead atoms. The summed E-state index contributed by atoms with van der Waals surface area (Å²) in [7, 11) is 0. The summed E-state index contributed by atoms with van der Waals surface area (Å²) in [5.41, 5.74) is 0. The number of carbonyl (C=O) groups is 1. The van der Waals surface area contributed by atoms with Crippen molar-refractivity contribution < 1.29 is 14.3 Å². The zero-order valence-corrected chi connectivity index (χ0v) is 10.3. The summed E-state index contributed by atoms with van der Waals surface area (Å²) in [6.07, 6.45) is -0.164. The number of morpholine rings is 2. The van der Waals surface area contributed by atoms with Gasteiger partial charge in [0.25, 0.3) is 5.91 Å². The molecule has 2 fully saturated rings. The lowest BCUT2D eigenvalue weighted by molar-refractivity contribution is -0.151. The molecule has 0 radical (unpaired) electrons. The predicted molar refractivity (Wildman–Crippen MR) is 61.9 cm³/mol. The molecule has 1 unspecified atom stereocenters. The smallest absolute Gasteiger partial charge is 0.253 e. The van der Waals surface area contributed by atoms with Gasteiger partial charge in [0, 0.05) is 26.2 Å². The van der Waals surface area contributed by atoms with Crippen LogP contribution in [0.25, 0.3) is 0 Å². The number of hydrogen-bond acceptors (Lipinski definition) is 4. The predicted octanol–water partition coefficient (Wildman–Crippen LogP) is -0.356. The average Bonchev–Trinajstić information content (AvgIpc) is 2.29. The fourth-order valence-electron chi connectivity index (χ4n) is 1.95. The van der Waals surface area contributed by atoms with Gasteiger partial charge >= 0.3 is 0 Å². The number of ether oxygens (including phenoxy) is 2. The molecule has 1 N–H and O–H groups in total. The fourth-order valence-corrected chi connectivity index (χ4v) is 1.95. The summed E-state index contributed by atoms with van der Waals surface area (Å²) >= 11 is 0. The van der Waals surface area contributed by atoms with Gasteiger partial charge in [-0.05, 0) is 6.92 Å². The van der Waals surface area contributed by atoms with Crippen molar-refractivity contribution in [1.29, 1.82) is 0 Å². The Labute approximate surface area is 102 Å². The zero-order valence-electron chi connectivity index (χ0n) is 9.48. The number of carbonyl (C=O) groups excluding carboxylic acids is 1. The van der Waals surface area contributed by atoms with E-state index < -0.39 is 0 Å². The molecule has 2 rings (SSSR count). The van der Waals surface area contributed by atoms with Crippen LogP contribution in [0.4, 0.5) is 0 Å². The van der Waals surface area contributed by atoms with Crippen LogP contribution < -0.4 is 5.32 Å². The standard InChI is InChI=1S/C10H18N2O3.ClH/c1-8-7-12(3-5-14-8)10(13)9-6-11-2-4-15-9;/h8-9,11H,2-7H2,1H3;1H/t8?,9-;/m1./s1. The minimum atomic E-state index is -0.302. The van der Waals surface area contributed by atoms with Crippen LogP contribution in [-0.4, -0.2) is 62.4 Å². The molecule has 0 aromatic heterocycles. The van der Waals surface area contributed by atoms with Crippen molar-refractivity contribution >= 4 is 18.3 Å². The third-order valence-corrected chi connectivity index (χ3v) is 2.76. The van der Waals surface area contributed by atoms with E-state index in [1.54, 1.807) is 0 Å². The maximum Gasteiger partial charge on any atom is 0.253 e. The highest BCUT2D eigenvalue weighted by Gasteiger charge is 2.29. The molecular formula is C10H19ClN2O3. The van der Waals surface area contributed by atoms with Crippen LogP contribution in [0.5, 0.6) is 0 Å². The van der Waals surface area contributed by atoms with Crippen LogP contribution in [0, 0.1) is 0 Å². The molecule has 0 spiro atoms. The van der Waals surface area contributed by atoms with Crippen molar-refractivity contribution in [3.05, 3.63) is 0 Å². The van der Waals surface area contributed by atoms with Gasteiger partial charge in [-0.3, -0.25) is 4.79 Å². The summed E-state index contributed by atoms with van der Waals surface area (Å²) in [6.45, 7) is 6.07. The van der Waals surface area contributed by atoms with Crippen molar-refractivity contribution in [3.63, 3.8) is 0 Å². The molecule has 2 heterocycles. The van der Waals surface area contributed by atoms with Crippen LogP contribution in [0.15, 0.2) is 0 Å². The van der Waals surface area contributed by atoms with E-state index in [2.05, 4.69) is 5.32 Å². The lowest BCUT2D eigenvalue weighted by Crippen LogP contribution is -2.53. The van der Waals surface area contributed by atoms with Crippen molar-refractivity contribution in [2.24, 2.45) is 0 Å². The third-order valence-electron chi connectivity index (χ3n) is 2.76. The van der Waals surface area contributed by atoms with Crippen LogP contribution in [0.1, 0.15) is 6.92 Å². The Morgan fingerprint density at radius 3 is 2.81 bits per heavy atom.